The molecule has 0 unspecified atom stereocenters. The molecule has 0 bridgehead atoms. The van der Waals surface area contributed by atoms with Gasteiger partial charge in [0.05, 0.1) is 24.4 Å². The van der Waals surface area contributed by atoms with Crippen molar-refractivity contribution in [2.24, 2.45) is 0 Å². The van der Waals surface area contributed by atoms with Crippen LogP contribution >= 0.6 is 27.5 Å². The maximum absolute atomic E-state index is 13.3. The number of ether oxygens (including phenoxy) is 4. The van der Waals surface area contributed by atoms with E-state index in [0.29, 0.717) is 44.7 Å². The number of hydrogen-bond donors (Lipinski definition) is 1. The predicted octanol–water partition coefficient (Wildman–Crippen LogP) is 6.94. The van der Waals surface area contributed by atoms with Crippen LogP contribution in [0.15, 0.2) is 95.0 Å². The molecule has 1 aliphatic heterocycles. The molecule has 0 spiro atoms. The molecule has 1 fully saturated rings. The van der Waals surface area contributed by atoms with Crippen LogP contribution in [0, 0.1) is 0 Å². The molecule has 4 amide bonds. The fraction of sp³-hybridized carbons (Fsp3) is 0.121. The van der Waals surface area contributed by atoms with Gasteiger partial charge in [-0.3, -0.25) is 14.9 Å². The lowest BCUT2D eigenvalue weighted by Crippen LogP contribution is -2.54. The van der Waals surface area contributed by atoms with Crippen molar-refractivity contribution in [2.75, 3.05) is 19.1 Å². The van der Waals surface area contributed by atoms with Crippen LogP contribution in [0.3, 0.4) is 0 Å². The van der Waals surface area contributed by atoms with Crippen molar-refractivity contribution in [3.8, 4) is 23.0 Å². The molecule has 5 rings (SSSR count). The minimum atomic E-state index is -0.866. The van der Waals surface area contributed by atoms with E-state index in [9.17, 15) is 14.4 Å². The number of nitrogens with zero attached hydrogens (tertiary/aromatic N) is 1. The Balaban J connectivity index is 1.34. The zero-order valence-electron chi connectivity index (χ0n) is 23.6. The minimum absolute atomic E-state index is 0.183. The highest BCUT2D eigenvalue weighted by Crippen LogP contribution is 2.39. The van der Waals surface area contributed by atoms with Crippen molar-refractivity contribution in [3.63, 3.8) is 0 Å². The summed E-state index contributed by atoms with van der Waals surface area (Å²) in [4.78, 5) is 39.3. The number of benzene rings is 4. The van der Waals surface area contributed by atoms with Crippen molar-refractivity contribution >= 4 is 57.1 Å². The number of barbiturate groups is 1. The molecule has 44 heavy (non-hydrogen) atoms. The van der Waals surface area contributed by atoms with Crippen LogP contribution < -0.4 is 29.2 Å². The Morgan fingerprint density at radius 1 is 0.795 bits per heavy atom. The second kappa shape index (κ2) is 13.7. The molecule has 9 nitrogen and oxygen atoms in total. The lowest BCUT2D eigenvalue weighted by molar-refractivity contribution is -0.122. The van der Waals surface area contributed by atoms with Gasteiger partial charge in [0.15, 0.2) is 23.0 Å². The smallest absolute Gasteiger partial charge is 0.335 e. The summed E-state index contributed by atoms with van der Waals surface area (Å²) in [5.74, 6) is 0.324. The highest BCUT2D eigenvalue weighted by molar-refractivity contribution is 9.10. The molecule has 1 aliphatic rings. The maximum atomic E-state index is 13.3. The first-order valence-corrected chi connectivity index (χ1v) is 14.5. The predicted molar refractivity (Wildman–Crippen MR) is 169 cm³/mol. The molecule has 11 heteroatoms. The van der Waals surface area contributed by atoms with Gasteiger partial charge < -0.3 is 18.9 Å². The third kappa shape index (κ3) is 6.88. The molecule has 0 saturated carbocycles. The Hall–Kier alpha value is -4.80. The quantitative estimate of drug-likeness (QED) is 0.143. The standard InChI is InChI=1S/C33H26BrClN2O7/c1-41-28-15-21(11-12-27(28)43-18-20-7-4-3-5-8-20)19-44-30-26(34)14-22(16-29(30)42-2)13-25-31(38)36-33(40)37(32(25)39)24-10-6-9-23(35)17-24/h3-17H,18-19H2,1-2H3,(H,36,38,40)/b25-13+. The number of amides is 4. The van der Waals surface area contributed by atoms with Gasteiger partial charge in [-0.25, -0.2) is 9.69 Å². The van der Waals surface area contributed by atoms with Gasteiger partial charge in [-0.05, 0) is 81.2 Å². The molecule has 0 radical (unpaired) electrons. The Bertz CT molecular complexity index is 1760. The normalized spacial score (nSPS) is 14.0. The van der Waals surface area contributed by atoms with Crippen LogP contribution in [0.25, 0.3) is 6.08 Å². The second-order valence-corrected chi connectivity index (χ2v) is 10.8. The van der Waals surface area contributed by atoms with Gasteiger partial charge in [-0.1, -0.05) is 54.1 Å². The molecule has 1 heterocycles. The third-order valence-corrected chi connectivity index (χ3v) is 7.40. The van der Waals surface area contributed by atoms with Crippen LogP contribution in [0.4, 0.5) is 10.5 Å². The van der Waals surface area contributed by atoms with E-state index in [1.807, 2.05) is 48.5 Å². The fourth-order valence-corrected chi connectivity index (χ4v) is 5.21. The van der Waals surface area contributed by atoms with Crippen molar-refractivity contribution in [1.29, 1.82) is 0 Å². The summed E-state index contributed by atoms with van der Waals surface area (Å²) in [6.45, 7) is 0.588. The topological polar surface area (TPSA) is 103 Å². The first-order chi connectivity index (χ1) is 21.3. The van der Waals surface area contributed by atoms with E-state index >= 15 is 0 Å². The van der Waals surface area contributed by atoms with Gasteiger partial charge in [0.2, 0.25) is 0 Å². The molecule has 1 N–H and O–H groups in total. The number of halogens is 2. The van der Waals surface area contributed by atoms with E-state index in [4.69, 9.17) is 30.5 Å². The first kappa shape index (κ1) is 30.7. The van der Waals surface area contributed by atoms with Crippen molar-refractivity contribution in [3.05, 3.63) is 117 Å². The molecule has 0 aliphatic carbocycles. The van der Waals surface area contributed by atoms with E-state index in [0.717, 1.165) is 16.0 Å². The monoisotopic (exact) mass is 676 g/mol. The fourth-order valence-electron chi connectivity index (χ4n) is 4.45. The summed E-state index contributed by atoms with van der Waals surface area (Å²) in [6, 6.07) is 24.0. The van der Waals surface area contributed by atoms with Gasteiger partial charge in [0, 0.05) is 5.02 Å². The molecule has 0 atom stereocenters. The van der Waals surface area contributed by atoms with Gasteiger partial charge in [-0.15, -0.1) is 0 Å². The summed E-state index contributed by atoms with van der Waals surface area (Å²) < 4.78 is 23.7. The molecule has 4 aromatic carbocycles. The van der Waals surface area contributed by atoms with Crippen molar-refractivity contribution < 1.29 is 33.3 Å². The maximum Gasteiger partial charge on any atom is 0.335 e. The number of urea groups is 1. The number of hydrogen-bond acceptors (Lipinski definition) is 7. The molecule has 1 saturated heterocycles. The lowest BCUT2D eigenvalue weighted by Gasteiger charge is -2.26. The summed E-state index contributed by atoms with van der Waals surface area (Å²) >= 11 is 9.56. The molecule has 4 aromatic rings. The van der Waals surface area contributed by atoms with Crippen LogP contribution in [-0.2, 0) is 22.8 Å². The summed E-state index contributed by atoms with van der Waals surface area (Å²) in [6.07, 6.45) is 1.37. The Labute approximate surface area is 267 Å². The molecular formula is C33H26BrClN2O7. The van der Waals surface area contributed by atoms with Crippen LogP contribution in [0.1, 0.15) is 16.7 Å². The highest BCUT2D eigenvalue weighted by atomic mass is 79.9. The molecular weight excluding hydrogens is 652 g/mol. The minimum Gasteiger partial charge on any atom is -0.493 e. The first-order valence-electron chi connectivity index (χ1n) is 13.3. The van der Waals surface area contributed by atoms with Gasteiger partial charge in [0.1, 0.15) is 18.8 Å². The van der Waals surface area contributed by atoms with E-state index in [1.54, 1.807) is 37.4 Å². The number of rotatable bonds is 10. The Kier molecular flexibility index (Phi) is 9.52. The lowest BCUT2D eigenvalue weighted by atomic mass is 10.1. The van der Waals surface area contributed by atoms with Crippen LogP contribution in [-0.4, -0.2) is 32.1 Å². The zero-order chi connectivity index (χ0) is 31.2. The average Bonchev–Trinajstić information content (AvgIpc) is 3.02. The third-order valence-electron chi connectivity index (χ3n) is 6.58. The van der Waals surface area contributed by atoms with E-state index in [-0.39, 0.29) is 17.9 Å². The summed E-state index contributed by atoms with van der Waals surface area (Å²) in [5, 5.41) is 2.53. The van der Waals surface area contributed by atoms with Crippen molar-refractivity contribution in [2.45, 2.75) is 13.2 Å². The second-order valence-electron chi connectivity index (χ2n) is 9.52. The number of methoxy groups -OCH3 is 2. The number of nitrogens with one attached hydrogen (secondary N) is 1. The van der Waals surface area contributed by atoms with E-state index in [1.165, 1.54) is 19.3 Å². The van der Waals surface area contributed by atoms with Crippen LogP contribution in [0.5, 0.6) is 23.0 Å². The van der Waals surface area contributed by atoms with Gasteiger partial charge >= 0.3 is 6.03 Å². The van der Waals surface area contributed by atoms with Gasteiger partial charge in [0.25, 0.3) is 11.8 Å². The summed E-state index contributed by atoms with van der Waals surface area (Å²) in [5.41, 5.74) is 2.31. The number of carbonyl (C=O) groups excluding carboxylic acids is 3. The average molecular weight is 678 g/mol. The highest BCUT2D eigenvalue weighted by Gasteiger charge is 2.37. The summed E-state index contributed by atoms with van der Waals surface area (Å²) in [7, 11) is 3.05. The number of imide groups is 2. The molecule has 224 valence electrons. The SMILES string of the molecule is COc1cc(COc2c(Br)cc(/C=C3\C(=O)NC(=O)N(c4cccc(Cl)c4)C3=O)cc2OC)ccc1OCc1ccccc1. The van der Waals surface area contributed by atoms with E-state index < -0.39 is 17.8 Å². The Morgan fingerprint density at radius 2 is 1.55 bits per heavy atom. The van der Waals surface area contributed by atoms with Crippen LogP contribution in [0.2, 0.25) is 5.02 Å². The van der Waals surface area contributed by atoms with Crippen molar-refractivity contribution in [1.82, 2.24) is 5.32 Å². The Morgan fingerprint density at radius 3 is 2.27 bits per heavy atom. The zero-order valence-corrected chi connectivity index (χ0v) is 26.0. The van der Waals surface area contributed by atoms with E-state index in [2.05, 4.69) is 21.2 Å². The largest absolute Gasteiger partial charge is 0.493 e. The number of carbonyl (C=O) groups is 3. The van der Waals surface area contributed by atoms with Gasteiger partial charge in [-0.2, -0.15) is 0 Å². The molecule has 0 aromatic heterocycles. The number of anilines is 1.